The second kappa shape index (κ2) is 14.8. The highest BCUT2D eigenvalue weighted by Crippen LogP contribution is 2.40. The van der Waals surface area contributed by atoms with Crippen LogP contribution >= 0.6 is 0 Å². The van der Waals surface area contributed by atoms with Crippen molar-refractivity contribution in [1.82, 2.24) is 20.2 Å². The second-order valence-corrected chi connectivity index (χ2v) is 13.3. The molecule has 2 aromatic heterocycles. The number of Topliss-reactive ketones (excluding diaryl/α,β-unsaturated/α-hetero) is 1. The molecule has 5 rings (SSSR count). The van der Waals surface area contributed by atoms with E-state index < -0.39 is 41.3 Å². The van der Waals surface area contributed by atoms with Crippen molar-refractivity contribution in [3.63, 3.8) is 0 Å². The van der Waals surface area contributed by atoms with Crippen molar-refractivity contribution < 1.29 is 38.1 Å². The zero-order valence-electron chi connectivity index (χ0n) is 29.0. The number of nitrogens with one attached hydrogen (secondary N) is 2. The van der Waals surface area contributed by atoms with Crippen LogP contribution in [0.15, 0.2) is 23.0 Å². The van der Waals surface area contributed by atoms with Gasteiger partial charge in [0.1, 0.15) is 19.2 Å². The molecule has 2 aliphatic rings. The SMILES string of the molecule is CC[C@@]1(O)C(=O)OCc2c1cc1n(c2=O)Cc2c-1nc1cc(F)c(C)cc1c2CCCCOCNC(=O)[C@H](C)CC(=O)[C@H](C)NC(=O)[C@H](C)N. The minimum absolute atomic E-state index is 0.0230. The number of halogens is 1. The Morgan fingerprint density at radius 2 is 1.88 bits per heavy atom. The third kappa shape index (κ3) is 7.05. The number of esters is 1. The molecule has 1 aromatic carbocycles. The standard InChI is InChI=1S/C36H44FN5O8/c1-6-36(48)26-13-29-31-24(15-42(29)34(46)25(26)16-50-35(36)47)22(23-11-18(2)27(37)14-28(23)41-31)9-7-8-10-49-17-39-32(44)19(3)12-30(43)21(5)40-33(45)20(4)38/h11,13-14,19-21,48H,6-10,12,15-17,38H2,1-5H3,(H,39,44)(H,40,45)/t19-,20+,21+,36+/m1/s1. The van der Waals surface area contributed by atoms with Crippen LogP contribution < -0.4 is 21.9 Å². The van der Waals surface area contributed by atoms with E-state index in [0.29, 0.717) is 48.3 Å². The fourth-order valence-corrected chi connectivity index (χ4v) is 6.45. The average Bonchev–Trinajstić information content (AvgIpc) is 3.44. The van der Waals surface area contributed by atoms with E-state index in [1.54, 1.807) is 44.4 Å². The minimum atomic E-state index is -1.95. The van der Waals surface area contributed by atoms with E-state index in [1.807, 2.05) is 0 Å². The van der Waals surface area contributed by atoms with Crippen LogP contribution in [0, 0.1) is 18.7 Å². The molecule has 4 heterocycles. The van der Waals surface area contributed by atoms with E-state index in [2.05, 4.69) is 10.6 Å². The number of hydrogen-bond donors (Lipinski definition) is 4. The lowest BCUT2D eigenvalue weighted by atomic mass is 9.86. The van der Waals surface area contributed by atoms with Crippen molar-refractivity contribution in [1.29, 1.82) is 0 Å². The minimum Gasteiger partial charge on any atom is -0.458 e. The monoisotopic (exact) mass is 693 g/mol. The summed E-state index contributed by atoms with van der Waals surface area (Å²) < 4.78 is 27.1. The van der Waals surface area contributed by atoms with Crippen LogP contribution in [0.5, 0.6) is 0 Å². The highest BCUT2D eigenvalue weighted by atomic mass is 19.1. The maximum Gasteiger partial charge on any atom is 0.343 e. The van der Waals surface area contributed by atoms with Crippen molar-refractivity contribution >= 4 is 34.5 Å². The molecule has 5 N–H and O–H groups in total. The lowest BCUT2D eigenvalue weighted by molar-refractivity contribution is -0.172. The second-order valence-electron chi connectivity index (χ2n) is 13.3. The summed E-state index contributed by atoms with van der Waals surface area (Å²) in [6, 6.07) is 3.27. The zero-order chi connectivity index (χ0) is 36.5. The number of aryl methyl sites for hydroxylation is 2. The van der Waals surface area contributed by atoms with Gasteiger partial charge < -0.3 is 35.5 Å². The first-order chi connectivity index (χ1) is 23.7. The Morgan fingerprint density at radius 3 is 2.58 bits per heavy atom. The Balaban J connectivity index is 1.24. The smallest absolute Gasteiger partial charge is 0.343 e. The average molecular weight is 694 g/mol. The highest BCUT2D eigenvalue weighted by molar-refractivity contribution is 5.93. The van der Waals surface area contributed by atoms with Gasteiger partial charge >= 0.3 is 5.97 Å². The Morgan fingerprint density at radius 1 is 1.14 bits per heavy atom. The van der Waals surface area contributed by atoms with E-state index in [4.69, 9.17) is 20.2 Å². The van der Waals surface area contributed by atoms with Gasteiger partial charge in [0.05, 0.1) is 41.1 Å². The van der Waals surface area contributed by atoms with Crippen molar-refractivity contribution in [3.8, 4) is 11.4 Å². The molecule has 50 heavy (non-hydrogen) atoms. The van der Waals surface area contributed by atoms with Gasteiger partial charge in [0.15, 0.2) is 11.4 Å². The van der Waals surface area contributed by atoms with Gasteiger partial charge in [-0.3, -0.25) is 19.2 Å². The summed E-state index contributed by atoms with van der Waals surface area (Å²) in [6.45, 7) is 8.30. The lowest BCUT2D eigenvalue weighted by Crippen LogP contribution is -2.46. The third-order valence-electron chi connectivity index (χ3n) is 9.61. The van der Waals surface area contributed by atoms with Crippen LogP contribution in [0.25, 0.3) is 22.3 Å². The third-order valence-corrected chi connectivity index (χ3v) is 9.61. The van der Waals surface area contributed by atoms with Gasteiger partial charge in [-0.25, -0.2) is 14.2 Å². The number of nitrogens with two attached hydrogens (primary N) is 1. The van der Waals surface area contributed by atoms with Crippen LogP contribution in [0.1, 0.15) is 81.2 Å². The van der Waals surface area contributed by atoms with Crippen molar-refractivity contribution in [2.75, 3.05) is 13.3 Å². The van der Waals surface area contributed by atoms with Gasteiger partial charge in [-0.05, 0) is 69.7 Å². The Hall–Kier alpha value is -4.53. The highest BCUT2D eigenvalue weighted by Gasteiger charge is 2.45. The molecule has 2 aliphatic heterocycles. The number of aliphatic hydroxyl groups is 1. The summed E-state index contributed by atoms with van der Waals surface area (Å²) in [5.41, 5.74) is 7.23. The zero-order valence-corrected chi connectivity index (χ0v) is 29.0. The number of ketones is 1. The molecule has 0 aliphatic carbocycles. The molecular formula is C36H44FN5O8. The number of benzene rings is 1. The summed E-state index contributed by atoms with van der Waals surface area (Å²) in [5, 5.41) is 17.2. The van der Waals surface area contributed by atoms with E-state index in [9.17, 15) is 33.5 Å². The molecule has 2 amide bonds. The number of carbonyl (C=O) groups is 4. The first-order valence-electron chi connectivity index (χ1n) is 16.9. The number of carbonyl (C=O) groups excluding carboxylic acids is 4. The number of ether oxygens (including phenoxy) is 2. The predicted molar refractivity (Wildman–Crippen MR) is 181 cm³/mol. The predicted octanol–water partition coefficient (Wildman–Crippen LogP) is 2.39. The Labute approximate surface area is 288 Å². The van der Waals surface area contributed by atoms with Gasteiger partial charge in [0, 0.05) is 41.5 Å². The number of rotatable bonds is 14. The number of aromatic nitrogens is 2. The van der Waals surface area contributed by atoms with Gasteiger partial charge in [-0.1, -0.05) is 13.8 Å². The van der Waals surface area contributed by atoms with Gasteiger partial charge in [-0.2, -0.15) is 0 Å². The molecule has 0 bridgehead atoms. The van der Waals surface area contributed by atoms with E-state index >= 15 is 0 Å². The number of cyclic esters (lactones) is 1. The molecule has 0 saturated carbocycles. The first kappa shape index (κ1) is 36.7. The van der Waals surface area contributed by atoms with E-state index in [1.165, 1.54) is 13.0 Å². The molecule has 3 aromatic rings. The van der Waals surface area contributed by atoms with E-state index in [-0.39, 0.29) is 61.1 Å². The summed E-state index contributed by atoms with van der Waals surface area (Å²) in [6.07, 6.45) is 1.84. The number of fused-ring (bicyclic) bond motifs is 5. The molecule has 0 fully saturated rings. The van der Waals surface area contributed by atoms with E-state index in [0.717, 1.165) is 16.5 Å². The summed E-state index contributed by atoms with van der Waals surface area (Å²) in [5.74, 6) is -2.91. The van der Waals surface area contributed by atoms with Gasteiger partial charge in [0.2, 0.25) is 11.8 Å². The Kier molecular flexibility index (Phi) is 10.8. The van der Waals surface area contributed by atoms with Crippen LogP contribution in [0.3, 0.4) is 0 Å². The summed E-state index contributed by atoms with van der Waals surface area (Å²) in [7, 11) is 0. The summed E-state index contributed by atoms with van der Waals surface area (Å²) >= 11 is 0. The molecule has 0 spiro atoms. The fraction of sp³-hybridized carbons (Fsp3) is 0.500. The largest absolute Gasteiger partial charge is 0.458 e. The van der Waals surface area contributed by atoms with Crippen molar-refractivity contribution in [2.24, 2.45) is 11.7 Å². The van der Waals surface area contributed by atoms with Crippen molar-refractivity contribution in [3.05, 3.63) is 62.2 Å². The molecule has 0 saturated heterocycles. The van der Waals surface area contributed by atoms with Gasteiger partial charge in [-0.15, -0.1) is 0 Å². The quantitative estimate of drug-likeness (QED) is 0.0866. The number of pyridine rings is 2. The molecule has 0 radical (unpaired) electrons. The number of amides is 2. The lowest BCUT2D eigenvalue weighted by Gasteiger charge is -2.31. The number of hydrogen-bond acceptors (Lipinski definition) is 10. The van der Waals surface area contributed by atoms with Crippen LogP contribution in [0.2, 0.25) is 0 Å². The van der Waals surface area contributed by atoms with Crippen LogP contribution in [-0.2, 0) is 53.8 Å². The number of unbranched alkanes of at least 4 members (excludes halogenated alkanes) is 1. The molecule has 14 heteroatoms. The van der Waals surface area contributed by atoms with Gasteiger partial charge in [0.25, 0.3) is 5.56 Å². The topological polar surface area (TPSA) is 192 Å². The Bertz CT molecular complexity index is 1920. The fourth-order valence-electron chi connectivity index (χ4n) is 6.45. The molecule has 0 unspecified atom stereocenters. The maximum absolute atomic E-state index is 14.7. The molecule has 4 atom stereocenters. The molecule has 268 valence electrons. The molecule has 13 nitrogen and oxygen atoms in total. The molecular weight excluding hydrogens is 649 g/mol. The normalized spacial score (nSPS) is 18.0. The number of nitrogens with zero attached hydrogens (tertiary/aromatic N) is 2. The first-order valence-corrected chi connectivity index (χ1v) is 16.9. The summed E-state index contributed by atoms with van der Waals surface area (Å²) in [4.78, 5) is 67.7. The van der Waals surface area contributed by atoms with Crippen molar-refractivity contribution in [2.45, 2.75) is 97.6 Å². The van der Waals surface area contributed by atoms with Crippen LogP contribution in [0.4, 0.5) is 4.39 Å². The maximum atomic E-state index is 14.7. The van der Waals surface area contributed by atoms with Crippen LogP contribution in [-0.4, -0.2) is 63.6 Å².